The molecule has 2 rings (SSSR count). The summed E-state index contributed by atoms with van der Waals surface area (Å²) in [4.78, 5) is 14.2. The van der Waals surface area contributed by atoms with Crippen LogP contribution >= 0.6 is 0 Å². The average Bonchev–Trinajstić information content (AvgIpc) is 2.80. The highest BCUT2D eigenvalue weighted by molar-refractivity contribution is 5.97. The van der Waals surface area contributed by atoms with Crippen LogP contribution < -0.4 is 10.1 Å². The summed E-state index contributed by atoms with van der Waals surface area (Å²) >= 11 is 0. The highest BCUT2D eigenvalue weighted by Gasteiger charge is 2.32. The fraction of sp³-hybridized carbons (Fsp3) is 0.438. The number of amides is 1. The lowest BCUT2D eigenvalue weighted by Gasteiger charge is -2.22. The van der Waals surface area contributed by atoms with E-state index in [0.717, 1.165) is 25.1 Å². The molecule has 1 N–H and O–H groups in total. The number of carbonyl (C=O) groups excluding carboxylic acids is 1. The molecule has 126 valence electrons. The van der Waals surface area contributed by atoms with Crippen molar-refractivity contribution in [3.05, 3.63) is 42.0 Å². The Morgan fingerprint density at radius 2 is 2.13 bits per heavy atom. The van der Waals surface area contributed by atoms with Crippen LogP contribution in [0.5, 0.6) is 5.75 Å². The van der Waals surface area contributed by atoms with Crippen LogP contribution in [0.2, 0.25) is 0 Å². The summed E-state index contributed by atoms with van der Waals surface area (Å²) < 4.78 is 44.1. The van der Waals surface area contributed by atoms with E-state index in [1.807, 2.05) is 0 Å². The summed E-state index contributed by atoms with van der Waals surface area (Å²) in [7, 11) is 0. The first-order valence-electron chi connectivity index (χ1n) is 7.38. The zero-order valence-electron chi connectivity index (χ0n) is 12.7. The molecule has 0 aromatic heterocycles. The first-order valence-corrected chi connectivity index (χ1v) is 7.38. The number of carbonyl (C=O) groups is 1. The molecule has 0 radical (unpaired) electrons. The number of nitrogens with one attached hydrogen (secondary N) is 1. The Bertz CT molecular complexity index is 565. The molecule has 0 unspecified atom stereocenters. The molecule has 0 saturated carbocycles. The second-order valence-electron chi connectivity index (χ2n) is 5.20. The molecule has 23 heavy (non-hydrogen) atoms. The average molecular weight is 328 g/mol. The van der Waals surface area contributed by atoms with Crippen LogP contribution in [-0.2, 0) is 6.18 Å². The minimum Gasteiger partial charge on any atom is -0.489 e. The Morgan fingerprint density at radius 1 is 1.35 bits per heavy atom. The molecule has 0 spiro atoms. The van der Waals surface area contributed by atoms with Crippen molar-refractivity contribution in [2.45, 2.75) is 12.6 Å². The second kappa shape index (κ2) is 7.50. The second-order valence-corrected chi connectivity index (χ2v) is 5.20. The Kier molecular flexibility index (Phi) is 5.65. The fourth-order valence-corrected chi connectivity index (χ4v) is 2.37. The van der Waals surface area contributed by atoms with E-state index in [1.54, 1.807) is 4.90 Å². The van der Waals surface area contributed by atoms with E-state index in [0.29, 0.717) is 19.6 Å². The van der Waals surface area contributed by atoms with Gasteiger partial charge >= 0.3 is 6.18 Å². The van der Waals surface area contributed by atoms with Crippen molar-refractivity contribution in [2.24, 2.45) is 0 Å². The molecule has 1 aliphatic heterocycles. The normalized spacial score (nSPS) is 15.9. The summed E-state index contributed by atoms with van der Waals surface area (Å²) in [6, 6.07) is 2.97. The maximum absolute atomic E-state index is 12.9. The van der Waals surface area contributed by atoms with Crippen LogP contribution in [0, 0.1) is 0 Å². The van der Waals surface area contributed by atoms with E-state index in [2.05, 4.69) is 11.9 Å². The molecule has 7 heteroatoms. The maximum Gasteiger partial charge on any atom is 0.416 e. The maximum atomic E-state index is 12.9. The predicted molar refractivity (Wildman–Crippen MR) is 80.5 cm³/mol. The van der Waals surface area contributed by atoms with Crippen LogP contribution in [0.4, 0.5) is 13.2 Å². The van der Waals surface area contributed by atoms with Crippen LogP contribution in [0.1, 0.15) is 22.3 Å². The smallest absolute Gasteiger partial charge is 0.416 e. The standard InChI is InChI=1S/C16H19F3N2O2/c1-2-10-23-14-5-4-12(16(17,18)19)11-13(14)15(22)21-8-3-6-20-7-9-21/h2,4-5,11,20H,1,3,6-10H2. The van der Waals surface area contributed by atoms with Gasteiger partial charge in [0, 0.05) is 19.6 Å². The van der Waals surface area contributed by atoms with Crippen molar-refractivity contribution in [3.8, 4) is 5.75 Å². The number of alkyl halides is 3. The minimum atomic E-state index is -4.51. The van der Waals surface area contributed by atoms with E-state index < -0.39 is 17.6 Å². The van der Waals surface area contributed by atoms with E-state index in [9.17, 15) is 18.0 Å². The highest BCUT2D eigenvalue weighted by Crippen LogP contribution is 2.33. The van der Waals surface area contributed by atoms with Gasteiger partial charge in [0.2, 0.25) is 0 Å². The van der Waals surface area contributed by atoms with Crippen LogP contribution in [0.25, 0.3) is 0 Å². The lowest BCUT2D eigenvalue weighted by molar-refractivity contribution is -0.137. The quantitative estimate of drug-likeness (QED) is 0.864. The molecule has 0 aliphatic carbocycles. The molecule has 1 amide bonds. The molecular weight excluding hydrogens is 309 g/mol. The summed E-state index contributed by atoms with van der Waals surface area (Å²) in [6.45, 7) is 5.98. The molecular formula is C16H19F3N2O2. The molecule has 1 aromatic rings. The Morgan fingerprint density at radius 3 is 2.83 bits per heavy atom. The van der Waals surface area contributed by atoms with Crippen molar-refractivity contribution < 1.29 is 22.7 Å². The Hall–Kier alpha value is -2.02. The van der Waals surface area contributed by atoms with Gasteiger partial charge in [-0.05, 0) is 31.2 Å². The largest absolute Gasteiger partial charge is 0.489 e. The zero-order valence-corrected chi connectivity index (χ0v) is 12.7. The fourth-order valence-electron chi connectivity index (χ4n) is 2.37. The molecule has 0 atom stereocenters. The third-order valence-corrected chi connectivity index (χ3v) is 3.52. The van der Waals surface area contributed by atoms with Crippen LogP contribution in [0.3, 0.4) is 0 Å². The SMILES string of the molecule is C=CCOc1ccc(C(F)(F)F)cc1C(=O)N1CCCNCC1. The van der Waals surface area contributed by atoms with Crippen molar-refractivity contribution >= 4 is 5.91 Å². The Balaban J connectivity index is 2.34. The first-order chi connectivity index (χ1) is 10.9. The van der Waals surface area contributed by atoms with Gasteiger partial charge in [0.05, 0.1) is 11.1 Å². The Labute approximate surface area is 132 Å². The van der Waals surface area contributed by atoms with Gasteiger partial charge < -0.3 is 15.0 Å². The van der Waals surface area contributed by atoms with Gasteiger partial charge in [0.15, 0.2) is 0 Å². The molecule has 1 aromatic carbocycles. The van der Waals surface area contributed by atoms with E-state index in [-0.39, 0.29) is 17.9 Å². The number of nitrogens with zero attached hydrogens (tertiary/aromatic N) is 1. The van der Waals surface area contributed by atoms with E-state index >= 15 is 0 Å². The topological polar surface area (TPSA) is 41.6 Å². The number of benzene rings is 1. The van der Waals surface area contributed by atoms with E-state index in [1.165, 1.54) is 12.1 Å². The van der Waals surface area contributed by atoms with Crippen LogP contribution in [0.15, 0.2) is 30.9 Å². The highest BCUT2D eigenvalue weighted by atomic mass is 19.4. The number of rotatable bonds is 4. The van der Waals surface area contributed by atoms with Crippen molar-refractivity contribution in [3.63, 3.8) is 0 Å². The van der Waals surface area contributed by atoms with Crippen molar-refractivity contribution in [1.29, 1.82) is 0 Å². The zero-order chi connectivity index (χ0) is 16.9. The van der Waals surface area contributed by atoms with Crippen molar-refractivity contribution in [2.75, 3.05) is 32.8 Å². The van der Waals surface area contributed by atoms with Gasteiger partial charge in [0.1, 0.15) is 12.4 Å². The lowest BCUT2D eigenvalue weighted by Crippen LogP contribution is -2.34. The molecule has 1 heterocycles. The molecule has 1 fully saturated rings. The van der Waals surface area contributed by atoms with Gasteiger partial charge in [-0.1, -0.05) is 12.7 Å². The van der Waals surface area contributed by atoms with Gasteiger partial charge in [-0.15, -0.1) is 0 Å². The third kappa shape index (κ3) is 4.48. The number of halogens is 3. The number of hydrogen-bond donors (Lipinski definition) is 1. The third-order valence-electron chi connectivity index (χ3n) is 3.52. The van der Waals surface area contributed by atoms with E-state index in [4.69, 9.17) is 4.74 Å². The van der Waals surface area contributed by atoms with Gasteiger partial charge in [-0.3, -0.25) is 4.79 Å². The summed E-state index contributed by atoms with van der Waals surface area (Å²) in [5.74, 6) is -0.307. The first kappa shape index (κ1) is 17.3. The van der Waals surface area contributed by atoms with Gasteiger partial charge in [-0.25, -0.2) is 0 Å². The van der Waals surface area contributed by atoms with Crippen LogP contribution in [-0.4, -0.2) is 43.6 Å². The van der Waals surface area contributed by atoms with Gasteiger partial charge in [0.25, 0.3) is 5.91 Å². The summed E-state index contributed by atoms with van der Waals surface area (Å²) in [5, 5.41) is 3.15. The summed E-state index contributed by atoms with van der Waals surface area (Å²) in [5.41, 5.74) is -0.927. The number of hydrogen-bond acceptors (Lipinski definition) is 3. The predicted octanol–water partition coefficient (Wildman–Crippen LogP) is 2.71. The molecule has 4 nitrogen and oxygen atoms in total. The monoisotopic (exact) mass is 328 g/mol. The minimum absolute atomic E-state index is 0.0661. The summed E-state index contributed by atoms with van der Waals surface area (Å²) in [6.07, 6.45) is -2.28. The lowest BCUT2D eigenvalue weighted by atomic mass is 10.1. The molecule has 1 aliphatic rings. The number of ether oxygens (including phenoxy) is 1. The van der Waals surface area contributed by atoms with Gasteiger partial charge in [-0.2, -0.15) is 13.2 Å². The molecule has 0 bridgehead atoms. The van der Waals surface area contributed by atoms with Crippen molar-refractivity contribution in [1.82, 2.24) is 10.2 Å². The molecule has 1 saturated heterocycles.